The van der Waals surface area contributed by atoms with Gasteiger partial charge < -0.3 is 19.9 Å². The highest BCUT2D eigenvalue weighted by atomic mass is 16.7. The molecule has 19 heavy (non-hydrogen) atoms. The Morgan fingerprint density at radius 1 is 1.26 bits per heavy atom. The topological polar surface area (TPSA) is 50.7 Å². The van der Waals surface area contributed by atoms with Gasteiger partial charge in [-0.15, -0.1) is 0 Å². The zero-order valence-corrected chi connectivity index (χ0v) is 11.3. The van der Waals surface area contributed by atoms with Gasteiger partial charge in [-0.2, -0.15) is 0 Å². The average Bonchev–Trinajstić information content (AvgIpc) is 3.16. The first-order valence-electron chi connectivity index (χ1n) is 7.02. The Balaban J connectivity index is 1.50. The van der Waals surface area contributed by atoms with Crippen LogP contribution in [0.25, 0.3) is 0 Å². The molecule has 3 rings (SSSR count). The van der Waals surface area contributed by atoms with Gasteiger partial charge >= 0.3 is 0 Å². The Bertz CT molecular complexity index is 445. The van der Waals surface area contributed by atoms with E-state index in [-0.39, 0.29) is 6.79 Å². The van der Waals surface area contributed by atoms with E-state index in [4.69, 9.17) is 9.47 Å². The molecule has 1 aliphatic carbocycles. The molecule has 104 valence electrons. The van der Waals surface area contributed by atoms with Crippen molar-refractivity contribution in [3.05, 3.63) is 23.8 Å². The molecule has 1 aliphatic heterocycles. The molecule has 0 saturated heterocycles. The summed E-state index contributed by atoms with van der Waals surface area (Å²) in [5, 5.41) is 13.5. The van der Waals surface area contributed by atoms with Crippen LogP contribution in [0.3, 0.4) is 0 Å². The van der Waals surface area contributed by atoms with Gasteiger partial charge in [0.2, 0.25) is 6.79 Å². The number of aliphatic hydroxyl groups excluding tert-OH is 1. The van der Waals surface area contributed by atoms with Gasteiger partial charge in [0.05, 0.1) is 6.10 Å². The fraction of sp³-hybridized carbons (Fsp3) is 0.600. The number of hydrogen-bond acceptors (Lipinski definition) is 4. The standard InChI is InChI=1S/C15H21NO3/c1-10(11-2-3-11)7-16-8-13(17)12-4-5-14-15(6-12)19-9-18-14/h4-6,10-11,13,16-17H,2-3,7-9H2,1H3. The largest absolute Gasteiger partial charge is 0.454 e. The number of aliphatic hydroxyl groups is 1. The van der Waals surface area contributed by atoms with Crippen LogP contribution in [0, 0.1) is 11.8 Å². The molecule has 1 heterocycles. The predicted molar refractivity (Wildman–Crippen MR) is 72.3 cm³/mol. The average molecular weight is 263 g/mol. The minimum Gasteiger partial charge on any atom is -0.454 e. The molecule has 0 spiro atoms. The number of ether oxygens (including phenoxy) is 2. The zero-order chi connectivity index (χ0) is 13.2. The fourth-order valence-electron chi connectivity index (χ4n) is 2.52. The lowest BCUT2D eigenvalue weighted by atomic mass is 10.1. The van der Waals surface area contributed by atoms with Gasteiger partial charge in [0.15, 0.2) is 11.5 Å². The minimum atomic E-state index is -0.499. The second kappa shape index (κ2) is 5.39. The summed E-state index contributed by atoms with van der Waals surface area (Å²) in [4.78, 5) is 0. The quantitative estimate of drug-likeness (QED) is 0.825. The number of rotatable bonds is 6. The Morgan fingerprint density at radius 3 is 2.84 bits per heavy atom. The van der Waals surface area contributed by atoms with E-state index >= 15 is 0 Å². The van der Waals surface area contributed by atoms with Crippen LogP contribution in [0.5, 0.6) is 11.5 Å². The molecular formula is C15H21NO3. The van der Waals surface area contributed by atoms with Crippen LogP contribution in [0.4, 0.5) is 0 Å². The van der Waals surface area contributed by atoms with Crippen molar-refractivity contribution in [1.82, 2.24) is 5.32 Å². The maximum Gasteiger partial charge on any atom is 0.231 e. The van der Waals surface area contributed by atoms with Gasteiger partial charge in [0.25, 0.3) is 0 Å². The van der Waals surface area contributed by atoms with E-state index in [2.05, 4.69) is 12.2 Å². The van der Waals surface area contributed by atoms with Crippen LogP contribution < -0.4 is 14.8 Å². The number of hydrogen-bond donors (Lipinski definition) is 2. The zero-order valence-electron chi connectivity index (χ0n) is 11.3. The Kier molecular flexibility index (Phi) is 3.62. The van der Waals surface area contributed by atoms with Crippen LogP contribution in [0.15, 0.2) is 18.2 Å². The molecule has 4 heteroatoms. The molecule has 1 aromatic rings. The normalized spacial score (nSPS) is 20.3. The summed E-state index contributed by atoms with van der Waals surface area (Å²) >= 11 is 0. The van der Waals surface area contributed by atoms with E-state index in [1.54, 1.807) is 0 Å². The third kappa shape index (κ3) is 3.01. The SMILES string of the molecule is CC(CNCC(O)c1ccc2c(c1)OCO2)C1CC1. The van der Waals surface area contributed by atoms with E-state index in [1.807, 2.05) is 18.2 Å². The lowest BCUT2D eigenvalue weighted by Gasteiger charge is -2.15. The van der Waals surface area contributed by atoms with E-state index in [1.165, 1.54) is 12.8 Å². The number of fused-ring (bicyclic) bond motifs is 1. The maximum atomic E-state index is 10.2. The monoisotopic (exact) mass is 263 g/mol. The summed E-state index contributed by atoms with van der Waals surface area (Å²) in [6.07, 6.45) is 2.24. The van der Waals surface area contributed by atoms with Crippen molar-refractivity contribution < 1.29 is 14.6 Å². The molecule has 0 radical (unpaired) electrons. The molecule has 2 N–H and O–H groups in total. The van der Waals surface area contributed by atoms with Crippen molar-refractivity contribution in [3.63, 3.8) is 0 Å². The molecule has 1 saturated carbocycles. The van der Waals surface area contributed by atoms with Crippen LogP contribution in [-0.4, -0.2) is 25.0 Å². The van der Waals surface area contributed by atoms with E-state index < -0.39 is 6.10 Å². The summed E-state index contributed by atoms with van der Waals surface area (Å²) in [5.41, 5.74) is 0.871. The van der Waals surface area contributed by atoms with Crippen molar-refractivity contribution in [2.45, 2.75) is 25.9 Å². The van der Waals surface area contributed by atoms with Gasteiger partial charge in [-0.1, -0.05) is 13.0 Å². The number of nitrogens with one attached hydrogen (secondary N) is 1. The highest BCUT2D eigenvalue weighted by Gasteiger charge is 2.27. The fourth-order valence-corrected chi connectivity index (χ4v) is 2.52. The molecule has 2 unspecified atom stereocenters. The highest BCUT2D eigenvalue weighted by molar-refractivity contribution is 5.45. The van der Waals surface area contributed by atoms with Crippen LogP contribution >= 0.6 is 0 Å². The van der Waals surface area contributed by atoms with Crippen molar-refractivity contribution in [2.24, 2.45) is 11.8 Å². The molecule has 1 aromatic carbocycles. The predicted octanol–water partition coefficient (Wildman–Crippen LogP) is 2.08. The van der Waals surface area contributed by atoms with Crippen LogP contribution in [0.1, 0.15) is 31.4 Å². The molecule has 2 atom stereocenters. The van der Waals surface area contributed by atoms with Crippen LogP contribution in [0.2, 0.25) is 0 Å². The summed E-state index contributed by atoms with van der Waals surface area (Å²) < 4.78 is 10.6. The first-order valence-corrected chi connectivity index (χ1v) is 7.02. The highest BCUT2D eigenvalue weighted by Crippen LogP contribution is 2.36. The smallest absolute Gasteiger partial charge is 0.231 e. The molecule has 0 aromatic heterocycles. The third-order valence-corrected chi connectivity index (χ3v) is 4.01. The second-order valence-corrected chi connectivity index (χ2v) is 5.60. The Labute approximate surface area is 113 Å². The van der Waals surface area contributed by atoms with Gasteiger partial charge in [0, 0.05) is 6.54 Å². The van der Waals surface area contributed by atoms with E-state index in [0.29, 0.717) is 12.5 Å². The molecule has 0 amide bonds. The lowest BCUT2D eigenvalue weighted by Crippen LogP contribution is -2.27. The first-order chi connectivity index (χ1) is 9.24. The molecule has 1 fully saturated rings. The van der Waals surface area contributed by atoms with Crippen LogP contribution in [-0.2, 0) is 0 Å². The van der Waals surface area contributed by atoms with E-state index in [9.17, 15) is 5.11 Å². The Morgan fingerprint density at radius 2 is 2.05 bits per heavy atom. The summed E-state index contributed by atoms with van der Waals surface area (Å²) in [6, 6.07) is 5.61. The van der Waals surface area contributed by atoms with Crippen molar-refractivity contribution in [2.75, 3.05) is 19.9 Å². The first kappa shape index (κ1) is 12.8. The molecule has 4 nitrogen and oxygen atoms in total. The van der Waals surface area contributed by atoms with Gasteiger partial charge in [-0.05, 0) is 48.9 Å². The molecule has 0 bridgehead atoms. The van der Waals surface area contributed by atoms with Crippen molar-refractivity contribution in [1.29, 1.82) is 0 Å². The molecule has 2 aliphatic rings. The molecular weight excluding hydrogens is 242 g/mol. The lowest BCUT2D eigenvalue weighted by molar-refractivity contribution is 0.169. The second-order valence-electron chi connectivity index (χ2n) is 5.60. The Hall–Kier alpha value is -1.26. The summed E-state index contributed by atoms with van der Waals surface area (Å²) in [5.74, 6) is 3.09. The minimum absolute atomic E-state index is 0.270. The maximum absolute atomic E-state index is 10.2. The van der Waals surface area contributed by atoms with Gasteiger partial charge in [-0.25, -0.2) is 0 Å². The van der Waals surface area contributed by atoms with Crippen molar-refractivity contribution in [3.8, 4) is 11.5 Å². The van der Waals surface area contributed by atoms with Crippen molar-refractivity contribution >= 4 is 0 Å². The van der Waals surface area contributed by atoms with Gasteiger partial charge in [0.1, 0.15) is 0 Å². The summed E-state index contributed by atoms with van der Waals surface area (Å²) in [7, 11) is 0. The third-order valence-electron chi connectivity index (χ3n) is 4.01. The van der Waals surface area contributed by atoms with E-state index in [0.717, 1.165) is 29.5 Å². The summed E-state index contributed by atoms with van der Waals surface area (Å²) in [6.45, 7) is 4.10. The van der Waals surface area contributed by atoms with Gasteiger partial charge in [-0.3, -0.25) is 0 Å². The number of benzene rings is 1.